The Balaban J connectivity index is 1.65. The number of hydrogen-bond acceptors (Lipinski definition) is 7. The van der Waals surface area contributed by atoms with Gasteiger partial charge in [0, 0.05) is 24.2 Å². The molecule has 2 aliphatic heterocycles. The molecular formula is C29H36N6O5. The van der Waals surface area contributed by atoms with Gasteiger partial charge in [0.1, 0.15) is 18.3 Å². The Morgan fingerprint density at radius 2 is 1.90 bits per heavy atom. The number of methoxy groups -OCH3 is 1. The summed E-state index contributed by atoms with van der Waals surface area (Å²) < 4.78 is 13.2. The summed E-state index contributed by atoms with van der Waals surface area (Å²) in [5, 5.41) is 10.5. The van der Waals surface area contributed by atoms with Crippen LogP contribution in [-0.2, 0) is 11.3 Å². The highest BCUT2D eigenvalue weighted by Crippen LogP contribution is 2.28. The SMILES string of the molecule is COc1cc2ccc1OCCn1nc(C)nc1[C@H](C(C)C)NC(=O)CN(C(=O)c1ccccc1)CCCNC2=O. The number of rotatable bonds is 3. The van der Waals surface area contributed by atoms with Crippen LogP contribution < -0.4 is 20.1 Å². The minimum absolute atomic E-state index is 0.00227. The predicted octanol–water partition coefficient (Wildman–Crippen LogP) is 2.76. The normalized spacial score (nSPS) is 17.1. The lowest BCUT2D eigenvalue weighted by molar-refractivity contribution is -0.123. The number of hydrogen-bond donors (Lipinski definition) is 2. The third-order valence-corrected chi connectivity index (χ3v) is 6.59. The molecule has 40 heavy (non-hydrogen) atoms. The first-order valence-electron chi connectivity index (χ1n) is 13.4. The van der Waals surface area contributed by atoms with E-state index in [4.69, 9.17) is 9.47 Å². The lowest BCUT2D eigenvalue weighted by Crippen LogP contribution is -2.44. The van der Waals surface area contributed by atoms with Gasteiger partial charge in [-0.3, -0.25) is 14.4 Å². The number of carbonyl (C=O) groups excluding carboxylic acids is 3. The molecule has 1 aromatic heterocycles. The van der Waals surface area contributed by atoms with Gasteiger partial charge < -0.3 is 25.0 Å². The molecule has 0 fully saturated rings. The van der Waals surface area contributed by atoms with Gasteiger partial charge in [0.25, 0.3) is 11.8 Å². The van der Waals surface area contributed by atoms with Gasteiger partial charge >= 0.3 is 0 Å². The van der Waals surface area contributed by atoms with Crippen LogP contribution in [0.2, 0.25) is 0 Å². The quantitative estimate of drug-likeness (QED) is 0.515. The maximum atomic E-state index is 13.3. The topological polar surface area (TPSA) is 128 Å². The first kappa shape index (κ1) is 28.6. The molecule has 2 aromatic carbocycles. The van der Waals surface area contributed by atoms with Crippen molar-refractivity contribution in [2.45, 2.75) is 39.8 Å². The Morgan fingerprint density at radius 1 is 1.12 bits per heavy atom. The van der Waals surface area contributed by atoms with Gasteiger partial charge in [-0.1, -0.05) is 32.0 Å². The second-order valence-electron chi connectivity index (χ2n) is 9.95. The Morgan fingerprint density at radius 3 is 2.62 bits per heavy atom. The molecule has 5 rings (SSSR count). The number of benzene rings is 2. The third-order valence-electron chi connectivity index (χ3n) is 6.59. The van der Waals surface area contributed by atoms with Crippen LogP contribution in [0.4, 0.5) is 0 Å². The van der Waals surface area contributed by atoms with Crippen molar-refractivity contribution in [1.29, 1.82) is 0 Å². The number of aromatic nitrogens is 3. The molecule has 2 bridgehead atoms. The minimum atomic E-state index is -0.433. The van der Waals surface area contributed by atoms with Crippen molar-refractivity contribution in [3.63, 3.8) is 0 Å². The van der Waals surface area contributed by atoms with E-state index in [0.29, 0.717) is 53.8 Å². The second-order valence-corrected chi connectivity index (χ2v) is 9.95. The van der Waals surface area contributed by atoms with Crippen molar-refractivity contribution in [2.24, 2.45) is 5.92 Å². The molecule has 3 aromatic rings. The fraction of sp³-hybridized carbons (Fsp3) is 0.414. The average Bonchev–Trinajstić information content (AvgIpc) is 3.32. The van der Waals surface area contributed by atoms with E-state index in [1.807, 2.05) is 19.9 Å². The van der Waals surface area contributed by atoms with Crippen LogP contribution in [0.5, 0.6) is 11.5 Å². The largest absolute Gasteiger partial charge is 0.493 e. The average molecular weight is 549 g/mol. The van der Waals surface area contributed by atoms with E-state index in [9.17, 15) is 14.4 Å². The summed E-state index contributed by atoms with van der Waals surface area (Å²) in [6.45, 7) is 6.87. The van der Waals surface area contributed by atoms with Gasteiger partial charge in [-0.15, -0.1) is 0 Å². The van der Waals surface area contributed by atoms with E-state index in [-0.39, 0.29) is 43.3 Å². The van der Waals surface area contributed by atoms with E-state index in [2.05, 4.69) is 20.7 Å². The zero-order valence-corrected chi connectivity index (χ0v) is 23.3. The molecular weight excluding hydrogens is 512 g/mol. The van der Waals surface area contributed by atoms with Crippen LogP contribution in [0.15, 0.2) is 48.5 Å². The van der Waals surface area contributed by atoms with Crippen LogP contribution in [0, 0.1) is 12.8 Å². The van der Waals surface area contributed by atoms with Gasteiger partial charge in [0.05, 0.1) is 26.2 Å². The monoisotopic (exact) mass is 548 g/mol. The van der Waals surface area contributed by atoms with Crippen molar-refractivity contribution < 1.29 is 23.9 Å². The zero-order valence-electron chi connectivity index (χ0n) is 23.3. The number of carbonyl (C=O) groups is 3. The van der Waals surface area contributed by atoms with E-state index >= 15 is 0 Å². The summed E-state index contributed by atoms with van der Waals surface area (Å²) in [4.78, 5) is 45.6. The molecule has 0 aliphatic carbocycles. The number of fused-ring (bicyclic) bond motifs is 13. The predicted molar refractivity (Wildman–Crippen MR) is 148 cm³/mol. The Bertz CT molecular complexity index is 1340. The van der Waals surface area contributed by atoms with E-state index in [1.54, 1.807) is 54.1 Å². The highest BCUT2D eigenvalue weighted by Gasteiger charge is 2.27. The number of nitrogens with one attached hydrogen (secondary N) is 2. The summed E-state index contributed by atoms with van der Waals surface area (Å²) in [7, 11) is 1.52. The molecule has 0 saturated heterocycles. The molecule has 11 heteroatoms. The van der Waals surface area contributed by atoms with E-state index in [0.717, 1.165) is 0 Å². The third kappa shape index (κ3) is 6.96. The smallest absolute Gasteiger partial charge is 0.254 e. The molecule has 0 unspecified atom stereocenters. The maximum absolute atomic E-state index is 13.3. The van der Waals surface area contributed by atoms with Gasteiger partial charge in [-0.25, -0.2) is 9.67 Å². The second kappa shape index (κ2) is 13.1. The van der Waals surface area contributed by atoms with Gasteiger partial charge in [0.15, 0.2) is 11.5 Å². The fourth-order valence-corrected chi connectivity index (χ4v) is 4.55. The number of aryl methyl sites for hydroxylation is 1. The van der Waals surface area contributed by atoms with Crippen molar-refractivity contribution in [1.82, 2.24) is 30.3 Å². The molecule has 0 radical (unpaired) electrons. The molecule has 212 valence electrons. The zero-order chi connectivity index (χ0) is 28.6. The molecule has 3 amide bonds. The highest BCUT2D eigenvalue weighted by molar-refractivity contribution is 5.96. The molecule has 0 spiro atoms. The number of ether oxygens (including phenoxy) is 2. The Hall–Kier alpha value is -4.41. The van der Waals surface area contributed by atoms with Crippen LogP contribution in [0.25, 0.3) is 0 Å². The van der Waals surface area contributed by atoms with E-state index < -0.39 is 6.04 Å². The number of nitrogens with zero attached hydrogens (tertiary/aromatic N) is 4. The Kier molecular flexibility index (Phi) is 9.36. The van der Waals surface area contributed by atoms with E-state index in [1.165, 1.54) is 12.0 Å². The molecule has 2 aliphatic rings. The Labute approximate surface area is 233 Å². The number of amides is 3. The van der Waals surface area contributed by atoms with Crippen molar-refractivity contribution in [2.75, 3.05) is 33.4 Å². The van der Waals surface area contributed by atoms with Crippen LogP contribution in [0.1, 0.15) is 58.7 Å². The molecule has 2 N–H and O–H groups in total. The lowest BCUT2D eigenvalue weighted by Gasteiger charge is -2.26. The fourth-order valence-electron chi connectivity index (χ4n) is 4.55. The summed E-state index contributed by atoms with van der Waals surface area (Å²) in [6.07, 6.45) is 0.455. The molecule has 3 heterocycles. The first-order valence-corrected chi connectivity index (χ1v) is 13.4. The maximum Gasteiger partial charge on any atom is 0.254 e. The van der Waals surface area contributed by atoms with Crippen LogP contribution in [0.3, 0.4) is 0 Å². The van der Waals surface area contributed by atoms with Crippen molar-refractivity contribution in [3.05, 3.63) is 71.3 Å². The van der Waals surface area contributed by atoms with Gasteiger partial charge in [-0.05, 0) is 49.6 Å². The van der Waals surface area contributed by atoms with Crippen molar-refractivity contribution in [3.8, 4) is 11.5 Å². The minimum Gasteiger partial charge on any atom is -0.493 e. The molecule has 1 atom stereocenters. The lowest BCUT2D eigenvalue weighted by atomic mass is 10.0. The summed E-state index contributed by atoms with van der Waals surface area (Å²) in [6, 6.07) is 13.4. The standard InChI is InChI=1S/C29H36N6O5/c1-19(2)26-27-31-20(3)33-35(27)15-16-40-23-12-11-22(17-24(23)39-4)28(37)30-13-8-14-34(18-25(36)32-26)29(38)21-9-6-5-7-10-21/h5-7,9-12,17,19,26H,8,13-16,18H2,1-4H3,(H,30,37)(H,32,36)/t26-/m0/s1. The summed E-state index contributed by atoms with van der Waals surface area (Å²) in [5.74, 6) is 1.28. The van der Waals surface area contributed by atoms with Gasteiger partial charge in [-0.2, -0.15) is 5.10 Å². The highest BCUT2D eigenvalue weighted by atomic mass is 16.5. The van der Waals surface area contributed by atoms with Crippen LogP contribution >= 0.6 is 0 Å². The molecule has 0 saturated carbocycles. The summed E-state index contributed by atoms with van der Waals surface area (Å²) >= 11 is 0. The molecule has 11 nitrogen and oxygen atoms in total. The summed E-state index contributed by atoms with van der Waals surface area (Å²) in [5.41, 5.74) is 0.911. The first-order chi connectivity index (χ1) is 19.3. The van der Waals surface area contributed by atoms with Gasteiger partial charge in [0.2, 0.25) is 5.91 Å². The van der Waals surface area contributed by atoms with Crippen LogP contribution in [-0.4, -0.2) is 70.7 Å². The van der Waals surface area contributed by atoms with Crippen molar-refractivity contribution >= 4 is 17.7 Å².